The number of nitrogens with one attached hydrogen (secondary N) is 1. The lowest BCUT2D eigenvalue weighted by Gasteiger charge is -2.48. The average Bonchev–Trinajstić information content (AvgIpc) is 2.79. The van der Waals surface area contributed by atoms with Crippen molar-refractivity contribution in [3.8, 4) is 0 Å². The van der Waals surface area contributed by atoms with Gasteiger partial charge in [0.25, 0.3) is 0 Å². The second kappa shape index (κ2) is 5.32. The lowest BCUT2D eigenvalue weighted by Crippen LogP contribution is -2.63. The quantitative estimate of drug-likeness (QED) is 0.900. The molecule has 0 amide bonds. The van der Waals surface area contributed by atoms with Crippen LogP contribution in [0, 0.1) is 5.92 Å². The van der Waals surface area contributed by atoms with Gasteiger partial charge in [-0.15, -0.1) is 11.3 Å². The lowest BCUT2D eigenvalue weighted by atomic mass is 9.91. The Labute approximate surface area is 115 Å². The Morgan fingerprint density at radius 2 is 2.11 bits per heavy atom. The molecule has 1 aliphatic rings. The minimum atomic E-state index is 0.219. The zero-order valence-corrected chi connectivity index (χ0v) is 13.1. The molecule has 0 spiro atoms. The van der Waals surface area contributed by atoms with E-state index < -0.39 is 0 Å². The van der Waals surface area contributed by atoms with Crippen molar-refractivity contribution < 1.29 is 0 Å². The monoisotopic (exact) mass is 266 g/mol. The summed E-state index contributed by atoms with van der Waals surface area (Å²) < 4.78 is 0. The van der Waals surface area contributed by atoms with Crippen LogP contribution < -0.4 is 5.32 Å². The van der Waals surface area contributed by atoms with E-state index in [9.17, 15) is 0 Å². The number of piperazine rings is 1. The third-order valence-corrected chi connectivity index (χ3v) is 5.06. The number of rotatable bonds is 3. The summed E-state index contributed by atoms with van der Waals surface area (Å²) in [5.74, 6) is 0.691. The van der Waals surface area contributed by atoms with Crippen molar-refractivity contribution in [2.24, 2.45) is 5.92 Å². The molecule has 0 aliphatic carbocycles. The van der Waals surface area contributed by atoms with Crippen LogP contribution in [0.1, 0.15) is 45.5 Å². The molecule has 1 N–H and O–H groups in total. The summed E-state index contributed by atoms with van der Waals surface area (Å²) >= 11 is 1.88. The molecule has 102 valence electrons. The van der Waals surface area contributed by atoms with Crippen LogP contribution >= 0.6 is 11.3 Å². The molecule has 2 unspecified atom stereocenters. The largest absolute Gasteiger partial charge is 0.309 e. The SMILES string of the molecule is CC(C)C1CNC(C)(C)CN1C(C)c1cccs1. The molecule has 1 fully saturated rings. The van der Waals surface area contributed by atoms with Crippen LogP contribution in [0.2, 0.25) is 0 Å². The normalized spacial score (nSPS) is 26.4. The predicted molar refractivity (Wildman–Crippen MR) is 80.1 cm³/mol. The van der Waals surface area contributed by atoms with E-state index in [2.05, 4.69) is 62.3 Å². The summed E-state index contributed by atoms with van der Waals surface area (Å²) in [5, 5.41) is 5.87. The molecule has 3 heteroatoms. The summed E-state index contributed by atoms with van der Waals surface area (Å²) in [6.07, 6.45) is 0. The summed E-state index contributed by atoms with van der Waals surface area (Å²) in [5.41, 5.74) is 0.219. The van der Waals surface area contributed by atoms with E-state index in [4.69, 9.17) is 0 Å². The van der Waals surface area contributed by atoms with Crippen LogP contribution in [0.5, 0.6) is 0 Å². The number of hydrogen-bond acceptors (Lipinski definition) is 3. The number of nitrogens with zero attached hydrogens (tertiary/aromatic N) is 1. The molecule has 0 bridgehead atoms. The van der Waals surface area contributed by atoms with Gasteiger partial charge < -0.3 is 5.32 Å². The third-order valence-electron chi connectivity index (χ3n) is 4.02. The fourth-order valence-corrected chi connectivity index (χ4v) is 3.67. The first-order valence-electron chi connectivity index (χ1n) is 6.95. The minimum absolute atomic E-state index is 0.219. The minimum Gasteiger partial charge on any atom is -0.309 e. The molecule has 2 heterocycles. The van der Waals surface area contributed by atoms with Crippen molar-refractivity contribution >= 4 is 11.3 Å². The van der Waals surface area contributed by atoms with Gasteiger partial charge in [-0.3, -0.25) is 4.90 Å². The molecular weight excluding hydrogens is 240 g/mol. The molecule has 2 rings (SSSR count). The van der Waals surface area contributed by atoms with Gasteiger partial charge >= 0.3 is 0 Å². The maximum atomic E-state index is 3.68. The van der Waals surface area contributed by atoms with Crippen molar-refractivity contribution in [2.75, 3.05) is 13.1 Å². The molecular formula is C15H26N2S. The van der Waals surface area contributed by atoms with E-state index in [0.717, 1.165) is 13.1 Å². The maximum Gasteiger partial charge on any atom is 0.0417 e. The second-order valence-electron chi connectivity index (χ2n) is 6.44. The smallest absolute Gasteiger partial charge is 0.0417 e. The van der Waals surface area contributed by atoms with Gasteiger partial charge in [0.2, 0.25) is 0 Å². The summed E-state index contributed by atoms with van der Waals surface area (Å²) in [6.45, 7) is 13.8. The first kappa shape index (κ1) is 14.0. The summed E-state index contributed by atoms with van der Waals surface area (Å²) in [6, 6.07) is 5.59. The topological polar surface area (TPSA) is 15.3 Å². The summed E-state index contributed by atoms with van der Waals surface area (Å²) in [4.78, 5) is 4.17. The molecule has 1 aliphatic heterocycles. The number of thiophene rings is 1. The molecule has 1 saturated heterocycles. The highest BCUT2D eigenvalue weighted by atomic mass is 32.1. The van der Waals surface area contributed by atoms with Gasteiger partial charge in [0, 0.05) is 35.6 Å². The van der Waals surface area contributed by atoms with Crippen molar-refractivity contribution in [1.82, 2.24) is 10.2 Å². The Morgan fingerprint density at radius 1 is 1.39 bits per heavy atom. The zero-order valence-electron chi connectivity index (χ0n) is 12.2. The van der Waals surface area contributed by atoms with E-state index in [1.807, 2.05) is 11.3 Å². The van der Waals surface area contributed by atoms with Gasteiger partial charge in [-0.25, -0.2) is 0 Å². The van der Waals surface area contributed by atoms with E-state index in [-0.39, 0.29) is 5.54 Å². The van der Waals surface area contributed by atoms with Crippen LogP contribution in [0.25, 0.3) is 0 Å². The Hall–Kier alpha value is -0.380. The van der Waals surface area contributed by atoms with E-state index >= 15 is 0 Å². The van der Waals surface area contributed by atoms with Crippen LogP contribution in [0.15, 0.2) is 17.5 Å². The van der Waals surface area contributed by atoms with Gasteiger partial charge in [0.15, 0.2) is 0 Å². The molecule has 2 nitrogen and oxygen atoms in total. The Bertz CT molecular complexity index is 370. The van der Waals surface area contributed by atoms with E-state index in [1.54, 1.807) is 0 Å². The maximum absolute atomic E-state index is 3.68. The first-order chi connectivity index (χ1) is 8.41. The highest BCUT2D eigenvalue weighted by Gasteiger charge is 2.36. The van der Waals surface area contributed by atoms with Gasteiger partial charge in [-0.2, -0.15) is 0 Å². The predicted octanol–water partition coefficient (Wildman–Crippen LogP) is 3.52. The van der Waals surface area contributed by atoms with Crippen molar-refractivity contribution in [3.05, 3.63) is 22.4 Å². The van der Waals surface area contributed by atoms with Crippen LogP contribution in [-0.4, -0.2) is 29.6 Å². The molecule has 1 aromatic rings. The third kappa shape index (κ3) is 2.95. The Balaban J connectivity index is 2.19. The zero-order chi connectivity index (χ0) is 13.3. The van der Waals surface area contributed by atoms with Crippen LogP contribution in [-0.2, 0) is 0 Å². The van der Waals surface area contributed by atoms with E-state index in [0.29, 0.717) is 18.0 Å². The fourth-order valence-electron chi connectivity index (χ4n) is 2.86. The highest BCUT2D eigenvalue weighted by molar-refractivity contribution is 7.10. The van der Waals surface area contributed by atoms with Gasteiger partial charge in [-0.05, 0) is 38.1 Å². The average molecular weight is 266 g/mol. The fraction of sp³-hybridized carbons (Fsp3) is 0.733. The summed E-state index contributed by atoms with van der Waals surface area (Å²) in [7, 11) is 0. The van der Waals surface area contributed by atoms with Crippen LogP contribution in [0.3, 0.4) is 0 Å². The molecule has 1 aromatic heterocycles. The number of hydrogen-bond donors (Lipinski definition) is 1. The second-order valence-corrected chi connectivity index (χ2v) is 7.42. The highest BCUT2D eigenvalue weighted by Crippen LogP contribution is 2.31. The van der Waals surface area contributed by atoms with Gasteiger partial charge in [0.1, 0.15) is 0 Å². The van der Waals surface area contributed by atoms with Crippen molar-refractivity contribution in [1.29, 1.82) is 0 Å². The first-order valence-corrected chi connectivity index (χ1v) is 7.83. The standard InChI is InChI=1S/C15H26N2S/c1-11(2)13-9-16-15(4,5)10-17(13)12(3)14-7-6-8-18-14/h6-8,11-13,16H,9-10H2,1-5H3. The van der Waals surface area contributed by atoms with Crippen molar-refractivity contribution in [2.45, 2.75) is 52.2 Å². The Morgan fingerprint density at radius 3 is 2.67 bits per heavy atom. The van der Waals surface area contributed by atoms with Crippen LogP contribution in [0.4, 0.5) is 0 Å². The van der Waals surface area contributed by atoms with Gasteiger partial charge in [0.05, 0.1) is 0 Å². The van der Waals surface area contributed by atoms with Crippen molar-refractivity contribution in [3.63, 3.8) is 0 Å². The molecule has 0 aromatic carbocycles. The molecule has 0 radical (unpaired) electrons. The Kier molecular flexibility index (Phi) is 4.15. The van der Waals surface area contributed by atoms with Gasteiger partial charge in [-0.1, -0.05) is 19.9 Å². The van der Waals surface area contributed by atoms with E-state index in [1.165, 1.54) is 4.88 Å². The lowest BCUT2D eigenvalue weighted by molar-refractivity contribution is 0.0382. The molecule has 18 heavy (non-hydrogen) atoms. The molecule has 2 atom stereocenters. The molecule has 0 saturated carbocycles.